The Labute approximate surface area is 143 Å². The second-order valence-electron chi connectivity index (χ2n) is 5.58. The van der Waals surface area contributed by atoms with Crippen LogP contribution in [0.5, 0.6) is 0 Å². The number of nitrogens with two attached hydrogens (primary N) is 1. The van der Waals surface area contributed by atoms with Crippen molar-refractivity contribution >= 4 is 17.5 Å². The first-order chi connectivity index (χ1) is 11.8. The number of anilines is 2. The van der Waals surface area contributed by atoms with Gasteiger partial charge in [-0.2, -0.15) is 4.98 Å². The molecular weight excluding hydrogens is 300 g/mol. The molecule has 0 saturated heterocycles. The fraction of sp³-hybridized carbons (Fsp3) is 0.389. The summed E-state index contributed by atoms with van der Waals surface area (Å²) in [5.74, 6) is 1.24. The molecule has 2 aromatic rings. The Kier molecular flexibility index (Phi) is 7.17. The van der Waals surface area contributed by atoms with E-state index >= 15 is 0 Å². The van der Waals surface area contributed by atoms with Crippen molar-refractivity contribution in [3.05, 3.63) is 47.7 Å². The molecule has 0 aliphatic rings. The van der Waals surface area contributed by atoms with Crippen molar-refractivity contribution in [2.24, 2.45) is 5.73 Å². The smallest absolute Gasteiger partial charge is 0.224 e. The first-order valence-electron chi connectivity index (χ1n) is 8.39. The van der Waals surface area contributed by atoms with Crippen molar-refractivity contribution in [2.75, 3.05) is 30.8 Å². The average Bonchev–Trinajstić information content (AvgIpc) is 2.64. The van der Waals surface area contributed by atoms with Crippen LogP contribution >= 0.6 is 0 Å². The van der Waals surface area contributed by atoms with Gasteiger partial charge in [0.05, 0.1) is 11.3 Å². The zero-order chi connectivity index (χ0) is 17.2. The maximum absolute atomic E-state index is 8.46. The molecule has 2 rings (SSSR count). The second kappa shape index (κ2) is 9.62. The molecule has 0 amide bonds. The summed E-state index contributed by atoms with van der Waals surface area (Å²) in [6.45, 7) is 1.57. The predicted molar refractivity (Wildman–Crippen MR) is 100.0 cm³/mol. The van der Waals surface area contributed by atoms with Crippen molar-refractivity contribution < 1.29 is 0 Å². The predicted octanol–water partition coefficient (Wildman–Crippen LogP) is 2.87. The molecule has 24 heavy (non-hydrogen) atoms. The average molecular weight is 326 g/mol. The van der Waals surface area contributed by atoms with Crippen LogP contribution in [-0.2, 0) is 0 Å². The molecule has 1 heterocycles. The number of aromatic nitrogens is 2. The molecule has 0 fully saturated rings. The molecule has 0 aliphatic heterocycles. The van der Waals surface area contributed by atoms with E-state index in [9.17, 15) is 0 Å². The van der Waals surface area contributed by atoms with Gasteiger partial charge in [0.25, 0.3) is 0 Å². The Morgan fingerprint density at radius 3 is 2.58 bits per heavy atom. The van der Waals surface area contributed by atoms with E-state index in [-0.39, 0.29) is 0 Å². The van der Waals surface area contributed by atoms with E-state index in [2.05, 4.69) is 20.6 Å². The van der Waals surface area contributed by atoms with E-state index in [0.29, 0.717) is 23.0 Å². The van der Waals surface area contributed by atoms with E-state index in [1.165, 1.54) is 0 Å². The molecule has 0 aliphatic carbocycles. The van der Waals surface area contributed by atoms with Crippen LogP contribution in [0.15, 0.2) is 36.5 Å². The standard InChI is InChI=1S/C18H26N6/c1-21-18-23-13-15(16(20)14-9-5-4-6-10-14)17(24-18)22-12-8-3-2-7-11-19/h4-6,9-10,13,20H,2-3,7-8,11-12,19H2,1H3,(H2,21,22,23,24). The highest BCUT2D eigenvalue weighted by Gasteiger charge is 2.13. The lowest BCUT2D eigenvalue weighted by molar-refractivity contribution is 0.661. The fourth-order valence-electron chi connectivity index (χ4n) is 2.41. The van der Waals surface area contributed by atoms with Crippen molar-refractivity contribution in [3.63, 3.8) is 0 Å². The minimum absolute atomic E-state index is 0.420. The van der Waals surface area contributed by atoms with Crippen LogP contribution < -0.4 is 16.4 Å². The first kappa shape index (κ1) is 17.9. The molecule has 0 spiro atoms. The lowest BCUT2D eigenvalue weighted by Gasteiger charge is -2.13. The van der Waals surface area contributed by atoms with Gasteiger partial charge in [0.2, 0.25) is 5.95 Å². The molecular formula is C18H26N6. The highest BCUT2D eigenvalue weighted by molar-refractivity contribution is 6.13. The van der Waals surface area contributed by atoms with Gasteiger partial charge in [-0.15, -0.1) is 0 Å². The molecule has 5 N–H and O–H groups in total. The zero-order valence-corrected chi connectivity index (χ0v) is 14.2. The van der Waals surface area contributed by atoms with E-state index < -0.39 is 0 Å². The van der Waals surface area contributed by atoms with Crippen molar-refractivity contribution in [3.8, 4) is 0 Å². The van der Waals surface area contributed by atoms with Crippen LogP contribution in [0.25, 0.3) is 0 Å². The van der Waals surface area contributed by atoms with E-state index in [1.54, 1.807) is 13.2 Å². The minimum Gasteiger partial charge on any atom is -0.369 e. The van der Waals surface area contributed by atoms with E-state index in [1.807, 2.05) is 30.3 Å². The quantitative estimate of drug-likeness (QED) is 0.397. The zero-order valence-electron chi connectivity index (χ0n) is 14.2. The summed E-state index contributed by atoms with van der Waals surface area (Å²) in [7, 11) is 1.79. The molecule has 1 aromatic carbocycles. The fourth-order valence-corrected chi connectivity index (χ4v) is 2.41. The van der Waals surface area contributed by atoms with Gasteiger partial charge in [0.1, 0.15) is 5.82 Å². The summed E-state index contributed by atoms with van der Waals surface area (Å²) in [6.07, 6.45) is 6.11. The van der Waals surface area contributed by atoms with Crippen LogP contribution in [0, 0.1) is 5.41 Å². The number of nitrogens with zero attached hydrogens (tertiary/aromatic N) is 2. The maximum atomic E-state index is 8.46. The monoisotopic (exact) mass is 326 g/mol. The lowest BCUT2D eigenvalue weighted by atomic mass is 10.0. The van der Waals surface area contributed by atoms with Gasteiger partial charge in [-0.3, -0.25) is 5.41 Å². The molecule has 6 nitrogen and oxygen atoms in total. The molecule has 0 atom stereocenters. The van der Waals surface area contributed by atoms with Gasteiger partial charge in [-0.25, -0.2) is 4.98 Å². The first-order valence-corrected chi connectivity index (χ1v) is 8.39. The lowest BCUT2D eigenvalue weighted by Crippen LogP contribution is -2.13. The SMILES string of the molecule is CNc1ncc(C(=N)c2ccccc2)c(NCCCCCCN)n1. The van der Waals surface area contributed by atoms with Crippen LogP contribution in [0.1, 0.15) is 36.8 Å². The number of rotatable bonds is 10. The summed E-state index contributed by atoms with van der Waals surface area (Å²) in [6, 6.07) is 9.64. The van der Waals surface area contributed by atoms with Gasteiger partial charge in [0.15, 0.2) is 0 Å². The Bertz CT molecular complexity index is 641. The van der Waals surface area contributed by atoms with Crippen LogP contribution in [0.3, 0.4) is 0 Å². The third-order valence-electron chi connectivity index (χ3n) is 3.77. The Morgan fingerprint density at radius 2 is 1.88 bits per heavy atom. The van der Waals surface area contributed by atoms with E-state index in [0.717, 1.165) is 44.3 Å². The van der Waals surface area contributed by atoms with Crippen molar-refractivity contribution in [2.45, 2.75) is 25.7 Å². The van der Waals surface area contributed by atoms with Crippen LogP contribution in [0.4, 0.5) is 11.8 Å². The van der Waals surface area contributed by atoms with Gasteiger partial charge in [0, 0.05) is 25.4 Å². The summed E-state index contributed by atoms with van der Waals surface area (Å²) >= 11 is 0. The highest BCUT2D eigenvalue weighted by atomic mass is 15.1. The topological polar surface area (TPSA) is 99.7 Å². The number of hydrogen-bond acceptors (Lipinski definition) is 6. The Balaban J connectivity index is 2.08. The number of nitrogens with one attached hydrogen (secondary N) is 3. The van der Waals surface area contributed by atoms with E-state index in [4.69, 9.17) is 11.1 Å². The number of benzene rings is 1. The molecule has 0 bridgehead atoms. The molecule has 0 saturated carbocycles. The summed E-state index contributed by atoms with van der Waals surface area (Å²) in [5.41, 5.74) is 7.49. The van der Waals surface area contributed by atoms with Gasteiger partial charge in [-0.05, 0) is 19.4 Å². The summed E-state index contributed by atoms with van der Waals surface area (Å²) in [5, 5.41) is 14.8. The second-order valence-corrected chi connectivity index (χ2v) is 5.58. The molecule has 6 heteroatoms. The van der Waals surface area contributed by atoms with Gasteiger partial charge < -0.3 is 16.4 Å². The minimum atomic E-state index is 0.420. The maximum Gasteiger partial charge on any atom is 0.224 e. The molecule has 0 unspecified atom stereocenters. The van der Waals surface area contributed by atoms with Crippen molar-refractivity contribution in [1.82, 2.24) is 9.97 Å². The van der Waals surface area contributed by atoms with Crippen molar-refractivity contribution in [1.29, 1.82) is 5.41 Å². The van der Waals surface area contributed by atoms with Crippen LogP contribution in [-0.4, -0.2) is 35.8 Å². The Hall–Kier alpha value is -2.47. The number of hydrogen-bond donors (Lipinski definition) is 4. The largest absolute Gasteiger partial charge is 0.369 e. The van der Waals surface area contributed by atoms with Gasteiger partial charge >= 0.3 is 0 Å². The number of unbranched alkanes of at least 4 members (excludes halogenated alkanes) is 3. The molecule has 1 aromatic heterocycles. The summed E-state index contributed by atoms with van der Waals surface area (Å²) < 4.78 is 0. The van der Waals surface area contributed by atoms with Crippen LogP contribution in [0.2, 0.25) is 0 Å². The normalized spacial score (nSPS) is 10.4. The highest BCUT2D eigenvalue weighted by Crippen LogP contribution is 2.18. The molecule has 0 radical (unpaired) electrons. The Morgan fingerprint density at radius 1 is 1.12 bits per heavy atom. The summed E-state index contributed by atoms with van der Waals surface area (Å²) in [4.78, 5) is 8.73. The third kappa shape index (κ3) is 5.03. The van der Waals surface area contributed by atoms with Gasteiger partial charge in [-0.1, -0.05) is 43.2 Å². The third-order valence-corrected chi connectivity index (χ3v) is 3.77. The molecule has 128 valence electrons.